The highest BCUT2D eigenvalue weighted by molar-refractivity contribution is 6.70. The van der Waals surface area contributed by atoms with Crippen LogP contribution in [0.25, 0.3) is 0 Å². The number of rotatable bonds is 4. The van der Waals surface area contributed by atoms with Gasteiger partial charge in [-0.15, -0.1) is 6.42 Å². The molecule has 0 spiro atoms. The van der Waals surface area contributed by atoms with Crippen LogP contribution in [0.2, 0.25) is 39.3 Å². The SMILES string of the molecule is C#C[C@]1(O[Si](C)(C)C)CC[C@H]2[C@@H]3CC[C@@H]4C[C@H](O[Si](C)(C)C)CC[C@@H]4[C@H]3CC[C@@]21C. The zero-order valence-electron chi connectivity index (χ0n) is 20.7. The molecule has 0 aromatic heterocycles. The largest absolute Gasteiger partial charge is 0.415 e. The van der Waals surface area contributed by atoms with E-state index in [0.29, 0.717) is 6.10 Å². The van der Waals surface area contributed by atoms with Crippen LogP contribution in [0.1, 0.15) is 64.7 Å². The first kappa shape index (κ1) is 23.1. The lowest BCUT2D eigenvalue weighted by Gasteiger charge is -2.58. The van der Waals surface area contributed by atoms with Crippen LogP contribution in [0, 0.1) is 47.3 Å². The molecule has 4 fully saturated rings. The average Bonchev–Trinajstić information content (AvgIpc) is 2.91. The van der Waals surface area contributed by atoms with Crippen molar-refractivity contribution in [3.63, 3.8) is 0 Å². The molecule has 0 N–H and O–H groups in total. The van der Waals surface area contributed by atoms with E-state index >= 15 is 0 Å². The summed E-state index contributed by atoms with van der Waals surface area (Å²) >= 11 is 0. The van der Waals surface area contributed by atoms with Crippen molar-refractivity contribution in [1.29, 1.82) is 0 Å². The van der Waals surface area contributed by atoms with Crippen molar-refractivity contribution in [3.05, 3.63) is 0 Å². The van der Waals surface area contributed by atoms with E-state index in [1.54, 1.807) is 0 Å². The Morgan fingerprint density at radius 2 is 1.50 bits per heavy atom. The monoisotopic (exact) mass is 446 g/mol. The maximum atomic E-state index is 6.84. The summed E-state index contributed by atoms with van der Waals surface area (Å²) in [5, 5.41) is 0. The number of hydrogen-bond donors (Lipinski definition) is 0. The van der Waals surface area contributed by atoms with Gasteiger partial charge in [0.05, 0.1) is 0 Å². The highest BCUT2D eigenvalue weighted by Crippen LogP contribution is 2.66. The predicted octanol–water partition coefficient (Wildman–Crippen LogP) is 7.08. The molecule has 0 unspecified atom stereocenters. The summed E-state index contributed by atoms with van der Waals surface area (Å²) in [6.45, 7) is 16.5. The molecule has 0 aromatic rings. The zero-order valence-corrected chi connectivity index (χ0v) is 22.7. The van der Waals surface area contributed by atoms with Gasteiger partial charge in [0.15, 0.2) is 16.6 Å². The maximum absolute atomic E-state index is 6.84. The van der Waals surface area contributed by atoms with E-state index < -0.39 is 16.6 Å². The number of hydrogen-bond acceptors (Lipinski definition) is 2. The molecule has 0 radical (unpaired) electrons. The molecule has 4 aliphatic carbocycles. The van der Waals surface area contributed by atoms with Gasteiger partial charge in [-0.2, -0.15) is 0 Å². The third-order valence-corrected chi connectivity index (χ3v) is 11.3. The minimum absolute atomic E-state index is 0.175. The molecule has 0 aliphatic heterocycles. The summed E-state index contributed by atoms with van der Waals surface area (Å²) in [6.07, 6.45) is 18.6. The van der Waals surface area contributed by atoms with Crippen LogP contribution in [0.4, 0.5) is 0 Å². The minimum atomic E-state index is -1.69. The summed E-state index contributed by atoms with van der Waals surface area (Å²) < 4.78 is 13.4. The van der Waals surface area contributed by atoms with E-state index in [2.05, 4.69) is 52.1 Å². The Labute approximate surface area is 188 Å². The quantitative estimate of drug-likeness (QED) is 0.339. The van der Waals surface area contributed by atoms with Gasteiger partial charge in [-0.05, 0) is 127 Å². The lowest BCUT2D eigenvalue weighted by molar-refractivity contribution is -0.104. The molecule has 8 atom stereocenters. The van der Waals surface area contributed by atoms with Crippen LogP contribution in [-0.2, 0) is 8.85 Å². The standard InChI is InChI=1S/C26H46O2Si2/c1-9-26(28-30(6,7)8)17-15-24-23-12-10-19-18-20(27-29(3,4)5)11-13-21(19)22(23)14-16-25(24,26)2/h1,19-24H,10-18H2,2-8H3/t19-,20-,21+,22-,23-,24+,25+,26+/m1/s1. The molecule has 4 aliphatic rings. The average molecular weight is 447 g/mol. The van der Waals surface area contributed by atoms with E-state index in [-0.39, 0.29) is 11.0 Å². The summed E-state index contributed by atoms with van der Waals surface area (Å²) in [4.78, 5) is 0. The third kappa shape index (κ3) is 4.02. The second kappa shape index (κ2) is 7.75. The summed E-state index contributed by atoms with van der Waals surface area (Å²) in [7, 11) is -3.12. The van der Waals surface area contributed by atoms with Gasteiger partial charge in [0.1, 0.15) is 5.60 Å². The second-order valence-electron chi connectivity index (χ2n) is 13.3. The molecule has 0 bridgehead atoms. The fourth-order valence-electron chi connectivity index (χ4n) is 8.37. The van der Waals surface area contributed by atoms with E-state index in [9.17, 15) is 0 Å². The minimum Gasteiger partial charge on any atom is -0.415 e. The molecule has 0 amide bonds. The van der Waals surface area contributed by atoms with E-state index in [1.165, 1.54) is 51.4 Å². The van der Waals surface area contributed by atoms with Crippen LogP contribution in [0.3, 0.4) is 0 Å². The highest BCUT2D eigenvalue weighted by Gasteiger charge is 2.64. The van der Waals surface area contributed by atoms with Crippen LogP contribution >= 0.6 is 0 Å². The van der Waals surface area contributed by atoms with Gasteiger partial charge in [-0.1, -0.05) is 12.8 Å². The van der Waals surface area contributed by atoms with Gasteiger partial charge >= 0.3 is 0 Å². The summed E-state index contributed by atoms with van der Waals surface area (Å²) in [5.74, 6) is 7.66. The third-order valence-electron chi connectivity index (χ3n) is 9.26. The fraction of sp³-hybridized carbons (Fsp3) is 0.923. The van der Waals surface area contributed by atoms with Crippen LogP contribution in [0.15, 0.2) is 0 Å². The smallest absolute Gasteiger partial charge is 0.185 e. The molecule has 2 nitrogen and oxygen atoms in total. The molecule has 0 saturated heterocycles. The number of terminal acetylenes is 1. The first-order chi connectivity index (χ1) is 13.9. The Morgan fingerprint density at radius 1 is 0.800 bits per heavy atom. The normalized spacial score (nSPS) is 46.5. The molecule has 30 heavy (non-hydrogen) atoms. The zero-order chi connectivity index (χ0) is 21.9. The van der Waals surface area contributed by atoms with Gasteiger partial charge < -0.3 is 8.85 Å². The highest BCUT2D eigenvalue weighted by atomic mass is 28.4. The van der Waals surface area contributed by atoms with Gasteiger partial charge in [0, 0.05) is 11.5 Å². The molecule has 4 saturated carbocycles. The molecule has 0 heterocycles. The van der Waals surface area contributed by atoms with Crippen molar-refractivity contribution in [3.8, 4) is 12.3 Å². The van der Waals surface area contributed by atoms with E-state index in [0.717, 1.165) is 36.0 Å². The molecular formula is C26H46O2Si2. The van der Waals surface area contributed by atoms with Gasteiger partial charge in [0.25, 0.3) is 0 Å². The lowest BCUT2D eigenvalue weighted by Crippen LogP contribution is -2.56. The van der Waals surface area contributed by atoms with E-state index in [1.807, 2.05) is 0 Å². The van der Waals surface area contributed by atoms with Crippen molar-refractivity contribution < 1.29 is 8.85 Å². The van der Waals surface area contributed by atoms with Crippen molar-refractivity contribution in [1.82, 2.24) is 0 Å². The van der Waals surface area contributed by atoms with Gasteiger partial charge in [-0.3, -0.25) is 0 Å². The van der Waals surface area contributed by atoms with Crippen molar-refractivity contribution >= 4 is 16.6 Å². The Morgan fingerprint density at radius 3 is 2.13 bits per heavy atom. The van der Waals surface area contributed by atoms with Crippen molar-refractivity contribution in [2.75, 3.05) is 0 Å². The summed E-state index contributed by atoms with van der Waals surface area (Å²) in [6, 6.07) is 0. The lowest BCUT2D eigenvalue weighted by atomic mass is 9.49. The van der Waals surface area contributed by atoms with Crippen LogP contribution < -0.4 is 0 Å². The van der Waals surface area contributed by atoms with Gasteiger partial charge in [0.2, 0.25) is 0 Å². The molecular weight excluding hydrogens is 400 g/mol. The van der Waals surface area contributed by atoms with Gasteiger partial charge in [-0.25, -0.2) is 0 Å². The van der Waals surface area contributed by atoms with Crippen LogP contribution in [0.5, 0.6) is 0 Å². The Balaban J connectivity index is 1.50. The molecule has 4 rings (SSSR count). The summed E-state index contributed by atoms with van der Waals surface area (Å²) in [5.41, 5.74) is -0.138. The first-order valence-electron chi connectivity index (χ1n) is 12.7. The Bertz CT molecular complexity index is 687. The number of fused-ring (bicyclic) bond motifs is 5. The topological polar surface area (TPSA) is 18.5 Å². The first-order valence-corrected chi connectivity index (χ1v) is 19.5. The molecule has 0 aromatic carbocycles. The fourth-order valence-corrected chi connectivity index (χ4v) is 11.0. The molecule has 4 heteroatoms. The Hall–Kier alpha value is -0.0862. The molecule has 170 valence electrons. The van der Waals surface area contributed by atoms with Crippen molar-refractivity contribution in [2.45, 2.75) is 116 Å². The Kier molecular flexibility index (Phi) is 5.96. The maximum Gasteiger partial charge on any atom is 0.185 e. The van der Waals surface area contributed by atoms with Crippen molar-refractivity contribution in [2.24, 2.45) is 35.0 Å². The van der Waals surface area contributed by atoms with E-state index in [4.69, 9.17) is 15.3 Å². The van der Waals surface area contributed by atoms with Crippen LogP contribution in [-0.4, -0.2) is 28.3 Å². The predicted molar refractivity (Wildman–Crippen MR) is 131 cm³/mol. The second-order valence-corrected chi connectivity index (χ2v) is 22.2.